The van der Waals surface area contributed by atoms with Crippen molar-refractivity contribution in [2.45, 2.75) is 12.7 Å². The molecule has 170 valence electrons. The van der Waals surface area contributed by atoms with Crippen LogP contribution in [-0.4, -0.2) is 56.0 Å². The van der Waals surface area contributed by atoms with Gasteiger partial charge < -0.3 is 20.9 Å². The van der Waals surface area contributed by atoms with Crippen LogP contribution < -0.4 is 16.0 Å². The van der Waals surface area contributed by atoms with E-state index in [4.69, 9.17) is 0 Å². The highest BCUT2D eigenvalue weighted by molar-refractivity contribution is 14.0. The van der Waals surface area contributed by atoms with Crippen LogP contribution in [0.25, 0.3) is 0 Å². The van der Waals surface area contributed by atoms with Gasteiger partial charge >= 0.3 is 6.18 Å². The molecular formula is C20H26F3IN6O. The Morgan fingerprint density at radius 1 is 1.10 bits per heavy atom. The molecule has 0 radical (unpaired) electrons. The molecule has 2 rings (SSSR count). The average Bonchev–Trinajstić information content (AvgIpc) is 2.72. The van der Waals surface area contributed by atoms with Gasteiger partial charge in [0.15, 0.2) is 5.96 Å². The number of pyridine rings is 1. The van der Waals surface area contributed by atoms with Gasteiger partial charge in [-0.2, -0.15) is 13.2 Å². The Balaban J connectivity index is 0.00000480. The molecule has 1 amide bonds. The summed E-state index contributed by atoms with van der Waals surface area (Å²) in [6.45, 7) is 1.04. The van der Waals surface area contributed by atoms with Crippen LogP contribution in [0.15, 0.2) is 47.6 Å². The van der Waals surface area contributed by atoms with Crippen LogP contribution in [0.2, 0.25) is 0 Å². The van der Waals surface area contributed by atoms with Gasteiger partial charge in [-0.25, -0.2) is 4.98 Å². The fourth-order valence-corrected chi connectivity index (χ4v) is 2.57. The minimum absolute atomic E-state index is 0. The van der Waals surface area contributed by atoms with Crippen molar-refractivity contribution in [1.82, 2.24) is 20.5 Å². The lowest BCUT2D eigenvalue weighted by molar-refractivity contribution is -0.137. The first-order valence-corrected chi connectivity index (χ1v) is 9.23. The van der Waals surface area contributed by atoms with Crippen LogP contribution in [0.5, 0.6) is 0 Å². The van der Waals surface area contributed by atoms with E-state index in [0.717, 1.165) is 11.6 Å². The monoisotopic (exact) mass is 550 g/mol. The third-order valence-corrected chi connectivity index (χ3v) is 4.11. The van der Waals surface area contributed by atoms with Crippen LogP contribution in [-0.2, 0) is 12.7 Å². The smallest absolute Gasteiger partial charge is 0.368 e. The second-order valence-electron chi connectivity index (χ2n) is 6.57. The topological polar surface area (TPSA) is 81.6 Å². The third kappa shape index (κ3) is 8.23. The molecule has 0 spiro atoms. The fraction of sp³-hybridized carbons (Fsp3) is 0.350. The lowest BCUT2D eigenvalue weighted by Crippen LogP contribution is -2.39. The number of carbonyl (C=O) groups excluding carboxylic acids is 1. The number of hydrogen-bond acceptors (Lipinski definition) is 4. The standard InChI is InChI=1S/C20H25F3N6O.HI/c1-24-19(28-13-14-6-8-15(9-7-14)18(30)29(2)3)27-12-11-26-17-16(20(21,22)23)5-4-10-25-17;/h4-10H,11-13H2,1-3H3,(H,25,26)(H2,24,27,28);1H. The van der Waals surface area contributed by atoms with Crippen LogP contribution in [0.3, 0.4) is 0 Å². The number of guanidine groups is 1. The van der Waals surface area contributed by atoms with E-state index < -0.39 is 11.7 Å². The van der Waals surface area contributed by atoms with Gasteiger partial charge in [-0.1, -0.05) is 12.1 Å². The summed E-state index contributed by atoms with van der Waals surface area (Å²) in [5, 5.41) is 8.82. The molecule has 31 heavy (non-hydrogen) atoms. The van der Waals surface area contributed by atoms with Crippen LogP contribution in [0.1, 0.15) is 21.5 Å². The van der Waals surface area contributed by atoms with Crippen molar-refractivity contribution in [3.8, 4) is 0 Å². The molecule has 0 aliphatic heterocycles. The molecule has 2 aromatic rings. The largest absolute Gasteiger partial charge is 0.419 e. The summed E-state index contributed by atoms with van der Waals surface area (Å²) < 4.78 is 38.9. The summed E-state index contributed by atoms with van der Waals surface area (Å²) in [6, 6.07) is 9.44. The number of rotatable bonds is 7. The molecule has 0 saturated carbocycles. The fourth-order valence-electron chi connectivity index (χ4n) is 2.57. The van der Waals surface area contributed by atoms with E-state index in [9.17, 15) is 18.0 Å². The van der Waals surface area contributed by atoms with Gasteiger partial charge in [0.1, 0.15) is 5.82 Å². The zero-order chi connectivity index (χ0) is 22.1. The van der Waals surface area contributed by atoms with Crippen molar-refractivity contribution in [3.63, 3.8) is 0 Å². The summed E-state index contributed by atoms with van der Waals surface area (Å²) in [5.74, 6) is 0.227. The number of anilines is 1. The zero-order valence-electron chi connectivity index (χ0n) is 17.5. The van der Waals surface area contributed by atoms with Gasteiger partial charge in [-0.05, 0) is 29.8 Å². The van der Waals surface area contributed by atoms with Crippen LogP contribution >= 0.6 is 24.0 Å². The highest BCUT2D eigenvalue weighted by Gasteiger charge is 2.33. The highest BCUT2D eigenvalue weighted by atomic mass is 127. The van der Waals surface area contributed by atoms with E-state index in [1.807, 2.05) is 12.1 Å². The first-order valence-electron chi connectivity index (χ1n) is 9.23. The number of hydrogen-bond donors (Lipinski definition) is 3. The Hall–Kier alpha value is -2.57. The number of benzene rings is 1. The molecule has 1 heterocycles. The van der Waals surface area contributed by atoms with Crippen molar-refractivity contribution in [2.24, 2.45) is 4.99 Å². The predicted molar refractivity (Wildman–Crippen MR) is 126 cm³/mol. The number of aromatic nitrogens is 1. The van der Waals surface area contributed by atoms with Gasteiger partial charge in [0.05, 0.1) is 5.56 Å². The van der Waals surface area contributed by atoms with Crippen molar-refractivity contribution < 1.29 is 18.0 Å². The summed E-state index contributed by atoms with van der Waals surface area (Å²) in [6.07, 6.45) is -3.16. The van der Waals surface area contributed by atoms with Gasteiger partial charge in [-0.3, -0.25) is 9.79 Å². The number of aliphatic imine (C=N–C) groups is 1. The molecule has 0 unspecified atom stereocenters. The molecule has 0 aliphatic rings. The van der Waals surface area contributed by atoms with Crippen LogP contribution in [0, 0.1) is 0 Å². The first kappa shape index (κ1) is 26.5. The second-order valence-corrected chi connectivity index (χ2v) is 6.57. The van der Waals surface area contributed by atoms with E-state index >= 15 is 0 Å². The summed E-state index contributed by atoms with van der Waals surface area (Å²) >= 11 is 0. The van der Waals surface area contributed by atoms with Gasteiger partial charge in [-0.15, -0.1) is 24.0 Å². The Kier molecular flexibility index (Phi) is 10.5. The summed E-state index contributed by atoms with van der Waals surface area (Å²) in [7, 11) is 4.99. The van der Waals surface area contributed by atoms with E-state index in [-0.39, 0.29) is 42.2 Å². The van der Waals surface area contributed by atoms with Crippen molar-refractivity contribution >= 4 is 41.7 Å². The normalized spacial score (nSPS) is 11.4. The SMILES string of the molecule is CN=C(NCCNc1ncccc1C(F)(F)F)NCc1ccc(C(=O)N(C)C)cc1.I. The van der Waals surface area contributed by atoms with E-state index in [1.54, 1.807) is 33.3 Å². The quantitative estimate of drug-likeness (QED) is 0.214. The number of halogens is 4. The number of nitrogens with zero attached hydrogens (tertiary/aromatic N) is 3. The Bertz CT molecular complexity index is 872. The van der Waals surface area contributed by atoms with E-state index in [1.165, 1.54) is 17.2 Å². The predicted octanol–water partition coefficient (Wildman–Crippen LogP) is 3.20. The third-order valence-electron chi connectivity index (χ3n) is 4.11. The second kappa shape index (κ2) is 12.3. The average molecular weight is 550 g/mol. The molecular weight excluding hydrogens is 524 g/mol. The number of carbonyl (C=O) groups is 1. The number of nitrogens with one attached hydrogen (secondary N) is 3. The van der Waals surface area contributed by atoms with Crippen molar-refractivity contribution in [2.75, 3.05) is 39.5 Å². The minimum atomic E-state index is -4.46. The van der Waals surface area contributed by atoms with Gasteiger partial charge in [0.2, 0.25) is 0 Å². The van der Waals surface area contributed by atoms with E-state index in [2.05, 4.69) is 25.9 Å². The lowest BCUT2D eigenvalue weighted by Gasteiger charge is -2.15. The minimum Gasteiger partial charge on any atom is -0.368 e. The first-order chi connectivity index (χ1) is 14.2. The van der Waals surface area contributed by atoms with Gasteiger partial charge in [0, 0.05) is 52.5 Å². The molecule has 11 heteroatoms. The van der Waals surface area contributed by atoms with Crippen LogP contribution in [0.4, 0.5) is 19.0 Å². The Morgan fingerprint density at radius 3 is 2.35 bits per heavy atom. The summed E-state index contributed by atoms with van der Waals surface area (Å²) in [4.78, 5) is 21.3. The Morgan fingerprint density at radius 2 is 1.77 bits per heavy atom. The summed E-state index contributed by atoms with van der Waals surface area (Å²) in [5.41, 5.74) is 0.753. The Labute approximate surface area is 196 Å². The maximum absolute atomic E-state index is 13.0. The number of alkyl halides is 3. The molecule has 0 atom stereocenters. The maximum atomic E-state index is 13.0. The molecule has 1 aromatic heterocycles. The zero-order valence-corrected chi connectivity index (χ0v) is 19.8. The molecule has 0 aliphatic carbocycles. The molecule has 1 aromatic carbocycles. The maximum Gasteiger partial charge on any atom is 0.419 e. The van der Waals surface area contributed by atoms with Crippen molar-refractivity contribution in [1.29, 1.82) is 0 Å². The van der Waals surface area contributed by atoms with Gasteiger partial charge in [0.25, 0.3) is 5.91 Å². The molecule has 7 nitrogen and oxygen atoms in total. The lowest BCUT2D eigenvalue weighted by atomic mass is 10.1. The number of amides is 1. The highest BCUT2D eigenvalue weighted by Crippen LogP contribution is 2.33. The van der Waals surface area contributed by atoms with E-state index in [0.29, 0.717) is 24.6 Å². The molecule has 3 N–H and O–H groups in total. The molecule has 0 fully saturated rings. The van der Waals surface area contributed by atoms with Crippen molar-refractivity contribution in [3.05, 3.63) is 59.3 Å². The molecule has 0 bridgehead atoms. The molecule has 0 saturated heterocycles.